The minimum atomic E-state index is -3.15. The molecule has 0 unspecified atom stereocenters. The van der Waals surface area contributed by atoms with E-state index in [2.05, 4.69) is 0 Å². The predicted octanol–water partition coefficient (Wildman–Crippen LogP) is 0.751. The topological polar surface area (TPSA) is 40.6 Å². The minimum Gasteiger partial charge on any atom is -0.195 e. The Labute approximate surface area is 112 Å². The van der Waals surface area contributed by atoms with Crippen LogP contribution in [-0.4, -0.2) is 66.2 Å². The predicted molar refractivity (Wildman–Crippen MR) is 74.0 cm³/mol. The Kier molecular flexibility index (Phi) is 6.25. The van der Waals surface area contributed by atoms with Crippen LogP contribution >= 0.6 is 35.9 Å². The SMILES string of the molecule is Cl.O=S(=O)(N1CCSCC1)N1CCSCC1. The highest BCUT2D eigenvalue weighted by Gasteiger charge is 2.31. The molecule has 2 rings (SSSR count). The van der Waals surface area contributed by atoms with Crippen LogP contribution in [0.25, 0.3) is 0 Å². The first-order chi connectivity index (χ1) is 7.21. The maximum absolute atomic E-state index is 12.2. The van der Waals surface area contributed by atoms with Gasteiger partial charge in [-0.2, -0.15) is 40.6 Å². The van der Waals surface area contributed by atoms with Crippen molar-refractivity contribution in [1.82, 2.24) is 8.61 Å². The molecule has 0 bridgehead atoms. The molecule has 0 aromatic heterocycles. The van der Waals surface area contributed by atoms with Crippen LogP contribution in [-0.2, 0) is 10.2 Å². The van der Waals surface area contributed by atoms with E-state index in [1.54, 1.807) is 8.61 Å². The summed E-state index contributed by atoms with van der Waals surface area (Å²) in [5.74, 6) is 3.73. The second kappa shape index (κ2) is 6.70. The molecule has 0 aliphatic carbocycles. The Balaban J connectivity index is 0.00000128. The van der Waals surface area contributed by atoms with Gasteiger partial charge in [-0.3, -0.25) is 0 Å². The van der Waals surface area contributed by atoms with Gasteiger partial charge in [0.2, 0.25) is 0 Å². The number of nitrogens with zero attached hydrogens (tertiary/aromatic N) is 2. The van der Waals surface area contributed by atoms with E-state index in [9.17, 15) is 8.42 Å². The third-order valence-corrected chi connectivity index (χ3v) is 6.51. The van der Waals surface area contributed by atoms with Gasteiger partial charge in [-0.25, -0.2) is 0 Å². The van der Waals surface area contributed by atoms with Crippen molar-refractivity contribution in [3.63, 3.8) is 0 Å². The van der Waals surface area contributed by atoms with Gasteiger partial charge in [-0.05, 0) is 0 Å². The molecule has 2 heterocycles. The van der Waals surface area contributed by atoms with Crippen molar-refractivity contribution in [1.29, 1.82) is 0 Å². The largest absolute Gasteiger partial charge is 0.282 e. The molecule has 0 aromatic rings. The molecule has 0 amide bonds. The lowest BCUT2D eigenvalue weighted by Crippen LogP contribution is -2.49. The molecule has 0 spiro atoms. The molecular weight excluding hydrogens is 288 g/mol. The van der Waals surface area contributed by atoms with Gasteiger partial charge in [0.15, 0.2) is 0 Å². The average molecular weight is 305 g/mol. The van der Waals surface area contributed by atoms with Crippen molar-refractivity contribution in [2.24, 2.45) is 0 Å². The summed E-state index contributed by atoms with van der Waals surface area (Å²) >= 11 is 3.67. The van der Waals surface area contributed by atoms with Gasteiger partial charge in [0, 0.05) is 49.2 Å². The van der Waals surface area contributed by atoms with Crippen LogP contribution in [0.2, 0.25) is 0 Å². The monoisotopic (exact) mass is 304 g/mol. The van der Waals surface area contributed by atoms with Gasteiger partial charge in [-0.15, -0.1) is 12.4 Å². The smallest absolute Gasteiger partial charge is 0.195 e. The lowest BCUT2D eigenvalue weighted by atomic mass is 10.6. The Morgan fingerprint density at radius 3 is 1.38 bits per heavy atom. The Bertz CT molecular complexity index is 276. The lowest BCUT2D eigenvalue weighted by molar-refractivity contribution is 0.363. The van der Waals surface area contributed by atoms with Crippen LogP contribution < -0.4 is 0 Å². The highest BCUT2D eigenvalue weighted by molar-refractivity contribution is 7.99. The zero-order valence-electron chi connectivity index (χ0n) is 9.00. The van der Waals surface area contributed by atoms with Crippen LogP contribution in [0.15, 0.2) is 0 Å². The summed E-state index contributed by atoms with van der Waals surface area (Å²) in [7, 11) is -3.15. The number of halogens is 1. The fourth-order valence-corrected chi connectivity index (χ4v) is 5.60. The normalized spacial score (nSPS) is 25.0. The lowest BCUT2D eigenvalue weighted by Gasteiger charge is -2.33. The molecule has 0 aromatic carbocycles. The van der Waals surface area contributed by atoms with Crippen molar-refractivity contribution in [2.75, 3.05) is 49.2 Å². The van der Waals surface area contributed by atoms with Crippen LogP contribution in [0.4, 0.5) is 0 Å². The van der Waals surface area contributed by atoms with Gasteiger partial charge >= 0.3 is 0 Å². The fourth-order valence-electron chi connectivity index (χ4n) is 1.72. The number of thioether (sulfide) groups is 2. The Morgan fingerprint density at radius 2 is 1.06 bits per heavy atom. The van der Waals surface area contributed by atoms with Crippen molar-refractivity contribution in [3.8, 4) is 0 Å². The number of rotatable bonds is 2. The van der Waals surface area contributed by atoms with Gasteiger partial charge in [0.05, 0.1) is 0 Å². The standard InChI is InChI=1S/C8H16N2O2S3.ClH/c11-15(12,9-1-5-13-6-2-9)10-3-7-14-8-4-10;/h1-8H2;1H. The molecule has 4 nitrogen and oxygen atoms in total. The third kappa shape index (κ3) is 3.43. The Hall–Kier alpha value is 0.860. The summed E-state index contributed by atoms with van der Waals surface area (Å²) in [6.45, 7) is 2.71. The van der Waals surface area contributed by atoms with E-state index in [-0.39, 0.29) is 12.4 Å². The molecule has 0 radical (unpaired) electrons. The Morgan fingerprint density at radius 1 is 0.750 bits per heavy atom. The van der Waals surface area contributed by atoms with Gasteiger partial charge < -0.3 is 0 Å². The summed E-state index contributed by atoms with van der Waals surface area (Å²) in [6.07, 6.45) is 0. The van der Waals surface area contributed by atoms with Crippen LogP contribution in [0.1, 0.15) is 0 Å². The first kappa shape index (κ1) is 14.9. The van der Waals surface area contributed by atoms with Crippen LogP contribution in [0, 0.1) is 0 Å². The maximum atomic E-state index is 12.2. The second-order valence-corrected chi connectivity index (χ2v) is 7.91. The van der Waals surface area contributed by atoms with Crippen molar-refractivity contribution >= 4 is 46.1 Å². The van der Waals surface area contributed by atoms with E-state index in [4.69, 9.17) is 0 Å². The zero-order chi connectivity index (χ0) is 10.7. The molecule has 2 fully saturated rings. The van der Waals surface area contributed by atoms with Crippen molar-refractivity contribution < 1.29 is 8.42 Å². The first-order valence-electron chi connectivity index (χ1n) is 5.12. The molecule has 8 heteroatoms. The van der Waals surface area contributed by atoms with Crippen LogP contribution in [0.3, 0.4) is 0 Å². The molecule has 2 aliphatic rings. The molecule has 96 valence electrons. The van der Waals surface area contributed by atoms with Gasteiger partial charge in [-0.1, -0.05) is 0 Å². The van der Waals surface area contributed by atoms with E-state index in [0.717, 1.165) is 23.0 Å². The number of hydrogen-bond donors (Lipinski definition) is 0. The van der Waals surface area contributed by atoms with E-state index < -0.39 is 10.2 Å². The molecule has 0 atom stereocenters. The maximum Gasteiger partial charge on any atom is 0.282 e. The summed E-state index contributed by atoms with van der Waals surface area (Å²) in [5.41, 5.74) is 0. The highest BCUT2D eigenvalue weighted by atomic mass is 35.5. The quantitative estimate of drug-likeness (QED) is 0.755. The first-order valence-corrected chi connectivity index (χ1v) is 8.82. The summed E-state index contributed by atoms with van der Waals surface area (Å²) in [6, 6.07) is 0. The average Bonchev–Trinajstić information content (AvgIpc) is 2.31. The molecular formula is C8H17ClN2O2S3. The van der Waals surface area contributed by atoms with Crippen LogP contribution in [0.5, 0.6) is 0 Å². The zero-order valence-corrected chi connectivity index (χ0v) is 12.3. The van der Waals surface area contributed by atoms with Crippen molar-refractivity contribution in [3.05, 3.63) is 0 Å². The molecule has 2 saturated heterocycles. The molecule has 0 N–H and O–H groups in total. The summed E-state index contributed by atoms with van der Waals surface area (Å²) < 4.78 is 27.6. The molecule has 0 saturated carbocycles. The van der Waals surface area contributed by atoms with Gasteiger partial charge in [0.25, 0.3) is 10.2 Å². The van der Waals surface area contributed by atoms with E-state index >= 15 is 0 Å². The minimum absolute atomic E-state index is 0. The fraction of sp³-hybridized carbons (Fsp3) is 1.00. The highest BCUT2D eigenvalue weighted by Crippen LogP contribution is 2.19. The molecule has 16 heavy (non-hydrogen) atoms. The van der Waals surface area contributed by atoms with Crippen molar-refractivity contribution in [2.45, 2.75) is 0 Å². The van der Waals surface area contributed by atoms with E-state index in [1.807, 2.05) is 23.5 Å². The van der Waals surface area contributed by atoms with Gasteiger partial charge in [0.1, 0.15) is 0 Å². The summed E-state index contributed by atoms with van der Waals surface area (Å²) in [4.78, 5) is 0. The summed E-state index contributed by atoms with van der Waals surface area (Å²) in [5, 5.41) is 0. The van der Waals surface area contributed by atoms with E-state index in [1.165, 1.54) is 0 Å². The molecule has 2 aliphatic heterocycles. The number of hydrogen-bond acceptors (Lipinski definition) is 4. The van der Waals surface area contributed by atoms with E-state index in [0.29, 0.717) is 26.2 Å². The third-order valence-electron chi connectivity index (χ3n) is 2.59. The second-order valence-electron chi connectivity index (χ2n) is 3.53.